The van der Waals surface area contributed by atoms with E-state index in [2.05, 4.69) is 10.3 Å². The van der Waals surface area contributed by atoms with Crippen molar-refractivity contribution in [2.75, 3.05) is 5.32 Å². The lowest BCUT2D eigenvalue weighted by atomic mass is 9.69. The largest absolute Gasteiger partial charge is 0.322 e. The zero-order valence-electron chi connectivity index (χ0n) is 14.4. The Balaban J connectivity index is 1.90. The number of nitrogens with zero attached hydrogens (tertiary/aromatic N) is 3. The summed E-state index contributed by atoms with van der Waals surface area (Å²) in [7, 11) is 0. The van der Waals surface area contributed by atoms with Crippen LogP contribution in [0.5, 0.6) is 0 Å². The van der Waals surface area contributed by atoms with Crippen molar-refractivity contribution < 1.29 is 9.18 Å². The molecule has 28 heavy (non-hydrogen) atoms. The smallest absolute Gasteiger partial charge is 0.238 e. The number of hydrogen-bond donors (Lipinski definition) is 1. The molecule has 0 saturated carbocycles. The van der Waals surface area contributed by atoms with Gasteiger partial charge in [-0.05, 0) is 29.8 Å². The number of nitrogens with one attached hydrogen (secondary N) is 1. The third-order valence-electron chi connectivity index (χ3n) is 5.06. The molecule has 0 aliphatic carbocycles. The van der Waals surface area contributed by atoms with Crippen LogP contribution < -0.4 is 5.32 Å². The number of benzene rings is 2. The fraction of sp³-hybridized carbons (Fsp3) is 0.143. The highest BCUT2D eigenvalue weighted by atomic mass is 35.5. The lowest BCUT2D eigenvalue weighted by Crippen LogP contribution is -2.43. The van der Waals surface area contributed by atoms with E-state index >= 15 is 0 Å². The molecule has 0 fully saturated rings. The second-order valence-electron chi connectivity index (χ2n) is 6.60. The number of para-hydroxylation sites is 1. The van der Waals surface area contributed by atoms with E-state index in [1.54, 1.807) is 24.3 Å². The van der Waals surface area contributed by atoms with Crippen LogP contribution in [0.2, 0.25) is 5.02 Å². The molecular formula is C21H12ClFN4O. The molecule has 4 rings (SSSR count). The predicted octanol–water partition coefficient (Wildman–Crippen LogP) is 4.12. The first kappa shape index (κ1) is 17.9. The average molecular weight is 391 g/mol. The first-order valence-corrected chi connectivity index (χ1v) is 8.82. The summed E-state index contributed by atoms with van der Waals surface area (Å²) in [5.41, 5.74) is -0.133. The van der Waals surface area contributed by atoms with Crippen molar-refractivity contribution in [3.63, 3.8) is 0 Å². The molecule has 0 saturated heterocycles. The van der Waals surface area contributed by atoms with Crippen LogP contribution in [-0.2, 0) is 16.6 Å². The van der Waals surface area contributed by atoms with Gasteiger partial charge in [0.15, 0.2) is 5.92 Å². The molecule has 136 valence electrons. The highest BCUT2D eigenvalue weighted by Crippen LogP contribution is 2.46. The minimum atomic E-state index is -1.56. The van der Waals surface area contributed by atoms with Crippen molar-refractivity contribution in [3.8, 4) is 12.1 Å². The molecule has 1 atom stereocenters. The van der Waals surface area contributed by atoms with E-state index < -0.39 is 23.1 Å². The molecule has 1 aromatic heterocycles. The van der Waals surface area contributed by atoms with E-state index in [1.807, 2.05) is 24.3 Å². The SMILES string of the molecule is N#CC(C#N)C1(Cc2ccc3ccc(Cl)cc3n2)C(=O)Nc2c(F)cccc21. The monoisotopic (exact) mass is 390 g/mol. The Morgan fingerprint density at radius 3 is 2.68 bits per heavy atom. The fourth-order valence-corrected chi connectivity index (χ4v) is 3.87. The number of hydrogen-bond acceptors (Lipinski definition) is 4. The summed E-state index contributed by atoms with van der Waals surface area (Å²) < 4.78 is 14.3. The Morgan fingerprint density at radius 1 is 1.18 bits per heavy atom. The summed E-state index contributed by atoms with van der Waals surface area (Å²) in [6, 6.07) is 16.9. The minimum absolute atomic E-state index is 0.00633. The first-order chi connectivity index (χ1) is 13.5. The van der Waals surface area contributed by atoms with E-state index in [0.29, 0.717) is 21.8 Å². The first-order valence-electron chi connectivity index (χ1n) is 8.44. The topological polar surface area (TPSA) is 89.6 Å². The van der Waals surface area contributed by atoms with Crippen molar-refractivity contribution >= 4 is 34.1 Å². The van der Waals surface area contributed by atoms with E-state index in [1.165, 1.54) is 12.1 Å². The number of halogens is 2. The summed E-state index contributed by atoms with van der Waals surface area (Å²) in [6.07, 6.45) is -0.0243. The second kappa shape index (κ2) is 6.60. The highest BCUT2D eigenvalue weighted by Gasteiger charge is 2.54. The Kier molecular flexibility index (Phi) is 4.22. The lowest BCUT2D eigenvalue weighted by molar-refractivity contribution is -0.121. The Bertz CT molecular complexity index is 1200. The molecule has 1 amide bonds. The van der Waals surface area contributed by atoms with Crippen LogP contribution in [0.25, 0.3) is 10.9 Å². The molecule has 0 spiro atoms. The lowest BCUT2D eigenvalue weighted by Gasteiger charge is -2.28. The predicted molar refractivity (Wildman–Crippen MR) is 102 cm³/mol. The van der Waals surface area contributed by atoms with Crippen LogP contribution in [-0.4, -0.2) is 10.9 Å². The average Bonchev–Trinajstić information content (AvgIpc) is 2.96. The number of anilines is 1. The molecule has 1 aliphatic rings. The maximum atomic E-state index is 14.3. The summed E-state index contributed by atoms with van der Waals surface area (Å²) in [5.74, 6) is -2.51. The number of carbonyl (C=O) groups is 1. The molecule has 1 unspecified atom stereocenters. The van der Waals surface area contributed by atoms with Gasteiger partial charge in [-0.25, -0.2) is 4.39 Å². The summed E-state index contributed by atoms with van der Waals surface area (Å²) in [6.45, 7) is 0. The van der Waals surface area contributed by atoms with Gasteiger partial charge in [0.05, 0.1) is 23.3 Å². The summed E-state index contributed by atoms with van der Waals surface area (Å²) in [5, 5.41) is 23.0. The van der Waals surface area contributed by atoms with Crippen LogP contribution in [0.1, 0.15) is 11.3 Å². The number of rotatable bonds is 3. The van der Waals surface area contributed by atoms with Gasteiger partial charge in [-0.15, -0.1) is 0 Å². The summed E-state index contributed by atoms with van der Waals surface area (Å²) >= 11 is 6.04. The number of carbonyl (C=O) groups excluding carboxylic acids is 1. The maximum Gasteiger partial charge on any atom is 0.238 e. The second-order valence-corrected chi connectivity index (χ2v) is 7.03. The van der Waals surface area contributed by atoms with E-state index in [4.69, 9.17) is 11.6 Å². The van der Waals surface area contributed by atoms with Gasteiger partial charge in [0.1, 0.15) is 11.2 Å². The number of nitriles is 2. The number of fused-ring (bicyclic) bond motifs is 2. The van der Waals surface area contributed by atoms with Crippen LogP contribution in [0.3, 0.4) is 0 Å². The van der Waals surface area contributed by atoms with Crippen molar-refractivity contribution in [1.82, 2.24) is 4.98 Å². The van der Waals surface area contributed by atoms with Gasteiger partial charge in [-0.2, -0.15) is 10.5 Å². The van der Waals surface area contributed by atoms with Gasteiger partial charge in [-0.1, -0.05) is 35.9 Å². The number of amides is 1. The standard InChI is InChI=1S/C21H12ClFN4O/c22-14-6-4-12-5-7-15(26-18(12)8-14)9-21(13(10-24)11-25)16-2-1-3-17(23)19(16)27-20(21)28/h1-8,13H,9H2,(H,27,28). The zero-order valence-corrected chi connectivity index (χ0v) is 15.2. The third-order valence-corrected chi connectivity index (χ3v) is 5.30. The molecule has 7 heteroatoms. The van der Waals surface area contributed by atoms with Gasteiger partial charge in [0.25, 0.3) is 0 Å². The summed E-state index contributed by atoms with van der Waals surface area (Å²) in [4.78, 5) is 17.5. The molecule has 5 nitrogen and oxygen atoms in total. The van der Waals surface area contributed by atoms with Crippen molar-refractivity contribution in [2.24, 2.45) is 5.92 Å². The van der Waals surface area contributed by atoms with Crippen molar-refractivity contribution in [2.45, 2.75) is 11.8 Å². The maximum absolute atomic E-state index is 14.3. The normalized spacial score (nSPS) is 17.8. The molecule has 1 aliphatic heterocycles. The third kappa shape index (κ3) is 2.58. The Hall–Kier alpha value is -3.48. The Morgan fingerprint density at radius 2 is 1.93 bits per heavy atom. The molecule has 0 radical (unpaired) electrons. The van der Waals surface area contributed by atoms with Gasteiger partial charge < -0.3 is 5.32 Å². The molecule has 2 aromatic carbocycles. The molecule has 3 aromatic rings. The molecular weight excluding hydrogens is 379 g/mol. The van der Waals surface area contributed by atoms with Gasteiger partial charge in [0, 0.05) is 22.5 Å². The zero-order chi connectivity index (χ0) is 19.9. The van der Waals surface area contributed by atoms with Crippen LogP contribution in [0, 0.1) is 34.4 Å². The molecule has 0 bridgehead atoms. The van der Waals surface area contributed by atoms with Crippen LogP contribution in [0.4, 0.5) is 10.1 Å². The fourth-order valence-electron chi connectivity index (χ4n) is 3.70. The minimum Gasteiger partial charge on any atom is -0.322 e. The van der Waals surface area contributed by atoms with Crippen molar-refractivity contribution in [1.29, 1.82) is 10.5 Å². The van der Waals surface area contributed by atoms with Gasteiger partial charge >= 0.3 is 0 Å². The highest BCUT2D eigenvalue weighted by molar-refractivity contribution is 6.31. The van der Waals surface area contributed by atoms with Crippen LogP contribution in [0.15, 0.2) is 48.5 Å². The van der Waals surface area contributed by atoms with Gasteiger partial charge in [0.2, 0.25) is 5.91 Å². The van der Waals surface area contributed by atoms with Gasteiger partial charge in [-0.3, -0.25) is 9.78 Å². The van der Waals surface area contributed by atoms with E-state index in [-0.39, 0.29) is 12.1 Å². The quantitative estimate of drug-likeness (QED) is 0.728. The Labute approximate surface area is 165 Å². The van der Waals surface area contributed by atoms with E-state index in [9.17, 15) is 19.7 Å². The molecule has 1 N–H and O–H groups in total. The van der Waals surface area contributed by atoms with Crippen molar-refractivity contribution in [3.05, 3.63) is 70.6 Å². The van der Waals surface area contributed by atoms with E-state index in [0.717, 1.165) is 5.39 Å². The number of aromatic nitrogens is 1. The van der Waals surface area contributed by atoms with Crippen LogP contribution >= 0.6 is 11.6 Å². The number of pyridine rings is 1. The molecule has 2 heterocycles.